The van der Waals surface area contributed by atoms with Crippen molar-refractivity contribution in [1.82, 2.24) is 0 Å². The van der Waals surface area contributed by atoms with Gasteiger partial charge >= 0.3 is 0 Å². The molecule has 0 saturated carbocycles. The zero-order chi connectivity index (χ0) is 13.8. The number of hydrogen-bond acceptors (Lipinski definition) is 1. The Morgan fingerprint density at radius 1 is 1.11 bits per heavy atom. The van der Waals surface area contributed by atoms with Gasteiger partial charge in [0.25, 0.3) is 0 Å². The van der Waals surface area contributed by atoms with Crippen molar-refractivity contribution < 1.29 is 5.11 Å². The Morgan fingerprint density at radius 2 is 1.79 bits per heavy atom. The summed E-state index contributed by atoms with van der Waals surface area (Å²) >= 11 is 6.10. The Balaban J connectivity index is 2.28. The molecule has 1 nitrogen and oxygen atoms in total. The van der Waals surface area contributed by atoms with E-state index in [4.69, 9.17) is 11.6 Å². The third-order valence-corrected chi connectivity index (χ3v) is 3.85. The Hall–Kier alpha value is -1.31. The minimum absolute atomic E-state index is 0.616. The molecule has 0 radical (unpaired) electrons. The summed E-state index contributed by atoms with van der Waals surface area (Å²) in [5, 5.41) is 11.2. The first kappa shape index (κ1) is 14.1. The van der Waals surface area contributed by atoms with E-state index in [0.717, 1.165) is 29.5 Å². The Morgan fingerprint density at radius 3 is 2.42 bits per heavy atom. The topological polar surface area (TPSA) is 20.2 Å². The highest BCUT2D eigenvalue weighted by Crippen LogP contribution is 2.28. The minimum Gasteiger partial charge on any atom is -0.384 e. The summed E-state index contributed by atoms with van der Waals surface area (Å²) in [5.41, 5.74) is 4.02. The lowest BCUT2D eigenvalue weighted by Gasteiger charge is -2.15. The third kappa shape index (κ3) is 3.17. The first-order valence-corrected chi connectivity index (χ1v) is 7.03. The summed E-state index contributed by atoms with van der Waals surface area (Å²) in [6, 6.07) is 13.8. The number of aliphatic hydroxyl groups is 1. The van der Waals surface area contributed by atoms with Crippen molar-refractivity contribution in [3.05, 3.63) is 69.7 Å². The molecule has 0 aliphatic rings. The molecule has 0 amide bonds. The van der Waals surface area contributed by atoms with Gasteiger partial charge in [0.05, 0.1) is 0 Å². The maximum atomic E-state index is 10.5. The van der Waals surface area contributed by atoms with Crippen LogP contribution in [0.25, 0.3) is 0 Å². The second-order valence-electron chi connectivity index (χ2n) is 4.85. The number of rotatable bonds is 4. The van der Waals surface area contributed by atoms with Gasteiger partial charge < -0.3 is 5.11 Å². The first-order chi connectivity index (χ1) is 9.13. The van der Waals surface area contributed by atoms with Crippen LogP contribution in [0.15, 0.2) is 42.5 Å². The van der Waals surface area contributed by atoms with E-state index in [2.05, 4.69) is 19.1 Å². The molecule has 1 unspecified atom stereocenters. The molecule has 0 heterocycles. The molecule has 0 spiro atoms. The summed E-state index contributed by atoms with van der Waals surface area (Å²) in [7, 11) is 0. The zero-order valence-corrected chi connectivity index (χ0v) is 12.1. The molecule has 2 aromatic carbocycles. The minimum atomic E-state index is -0.616. The lowest BCUT2D eigenvalue weighted by molar-refractivity contribution is 0.219. The quantitative estimate of drug-likeness (QED) is 0.858. The lowest BCUT2D eigenvalue weighted by Crippen LogP contribution is -2.02. The largest absolute Gasteiger partial charge is 0.384 e. The molecular formula is C17H19ClO. The monoisotopic (exact) mass is 274 g/mol. The predicted octanol–water partition coefficient (Wildman–Crippen LogP) is 4.68. The molecule has 0 fully saturated rings. The molecule has 2 heteroatoms. The van der Waals surface area contributed by atoms with Crippen molar-refractivity contribution in [1.29, 1.82) is 0 Å². The molecule has 1 N–H and O–H groups in total. The fourth-order valence-corrected chi connectivity index (χ4v) is 2.44. The number of benzene rings is 2. The van der Waals surface area contributed by atoms with Crippen molar-refractivity contribution in [2.75, 3.05) is 0 Å². The molecule has 100 valence electrons. The molecule has 19 heavy (non-hydrogen) atoms. The van der Waals surface area contributed by atoms with Crippen molar-refractivity contribution in [3.8, 4) is 0 Å². The third-order valence-electron chi connectivity index (χ3n) is 3.44. The van der Waals surface area contributed by atoms with Gasteiger partial charge in [0.1, 0.15) is 6.10 Å². The average molecular weight is 275 g/mol. The Bertz CT molecular complexity index is 546. The molecule has 2 aromatic rings. The maximum absolute atomic E-state index is 10.5. The second kappa shape index (κ2) is 6.23. The van der Waals surface area contributed by atoms with E-state index in [0.29, 0.717) is 5.02 Å². The van der Waals surface area contributed by atoms with Gasteiger partial charge in [-0.15, -0.1) is 0 Å². The van der Waals surface area contributed by atoms with E-state index in [1.165, 1.54) is 5.56 Å². The number of aryl methyl sites for hydroxylation is 1. The van der Waals surface area contributed by atoms with Crippen molar-refractivity contribution >= 4 is 11.6 Å². The Labute approximate surface area is 119 Å². The average Bonchev–Trinajstić information content (AvgIpc) is 2.42. The van der Waals surface area contributed by atoms with Gasteiger partial charge in [0.15, 0.2) is 0 Å². The van der Waals surface area contributed by atoms with Gasteiger partial charge in [-0.3, -0.25) is 0 Å². The standard InChI is InChI=1S/C17H19ClO/c1-3-5-13-8-10-14(11-9-13)17(19)15-6-4-7-16(18)12(15)2/h4,6-11,17,19H,3,5H2,1-2H3. The fraction of sp³-hybridized carbons (Fsp3) is 0.294. The number of halogens is 1. The van der Waals surface area contributed by atoms with Crippen molar-refractivity contribution in [2.24, 2.45) is 0 Å². The van der Waals surface area contributed by atoms with Crippen LogP contribution in [0, 0.1) is 6.92 Å². The van der Waals surface area contributed by atoms with Crippen molar-refractivity contribution in [2.45, 2.75) is 32.8 Å². The second-order valence-corrected chi connectivity index (χ2v) is 5.26. The van der Waals surface area contributed by atoms with Crippen LogP contribution < -0.4 is 0 Å². The van der Waals surface area contributed by atoms with Crippen LogP contribution in [0.3, 0.4) is 0 Å². The molecular weight excluding hydrogens is 256 g/mol. The predicted molar refractivity (Wildman–Crippen MR) is 80.7 cm³/mol. The van der Waals surface area contributed by atoms with E-state index in [1.807, 2.05) is 37.3 Å². The molecule has 1 atom stereocenters. The van der Waals surface area contributed by atoms with E-state index in [1.54, 1.807) is 0 Å². The smallest absolute Gasteiger partial charge is 0.104 e. The molecule has 0 bridgehead atoms. The van der Waals surface area contributed by atoms with Gasteiger partial charge in [-0.2, -0.15) is 0 Å². The summed E-state index contributed by atoms with van der Waals surface area (Å²) in [6.45, 7) is 4.10. The van der Waals surface area contributed by atoms with Gasteiger partial charge in [-0.05, 0) is 41.7 Å². The first-order valence-electron chi connectivity index (χ1n) is 6.65. The van der Waals surface area contributed by atoms with Crippen LogP contribution in [-0.2, 0) is 6.42 Å². The van der Waals surface area contributed by atoms with Crippen LogP contribution in [-0.4, -0.2) is 5.11 Å². The molecule has 0 aliphatic heterocycles. The highest BCUT2D eigenvalue weighted by Gasteiger charge is 2.14. The normalized spacial score (nSPS) is 12.4. The van der Waals surface area contributed by atoms with Crippen LogP contribution in [0.2, 0.25) is 5.02 Å². The van der Waals surface area contributed by atoms with Gasteiger partial charge in [-0.25, -0.2) is 0 Å². The van der Waals surface area contributed by atoms with Gasteiger partial charge in [-0.1, -0.05) is 61.3 Å². The van der Waals surface area contributed by atoms with Crippen LogP contribution in [0.4, 0.5) is 0 Å². The summed E-state index contributed by atoms with van der Waals surface area (Å²) in [6.07, 6.45) is 1.59. The zero-order valence-electron chi connectivity index (χ0n) is 11.4. The number of aliphatic hydroxyl groups excluding tert-OH is 1. The molecule has 2 rings (SSSR count). The van der Waals surface area contributed by atoms with Crippen LogP contribution in [0.1, 0.15) is 41.7 Å². The van der Waals surface area contributed by atoms with E-state index >= 15 is 0 Å². The fourth-order valence-electron chi connectivity index (χ4n) is 2.26. The molecule has 0 saturated heterocycles. The summed E-state index contributed by atoms with van der Waals surface area (Å²) in [5.74, 6) is 0. The van der Waals surface area contributed by atoms with Crippen LogP contribution in [0.5, 0.6) is 0 Å². The van der Waals surface area contributed by atoms with Crippen LogP contribution >= 0.6 is 11.6 Å². The van der Waals surface area contributed by atoms with Gasteiger partial charge in [0.2, 0.25) is 0 Å². The molecule has 0 aliphatic carbocycles. The van der Waals surface area contributed by atoms with E-state index in [9.17, 15) is 5.11 Å². The summed E-state index contributed by atoms with van der Waals surface area (Å²) < 4.78 is 0. The summed E-state index contributed by atoms with van der Waals surface area (Å²) in [4.78, 5) is 0. The Kier molecular flexibility index (Phi) is 4.62. The number of hydrogen-bond donors (Lipinski definition) is 1. The van der Waals surface area contributed by atoms with E-state index in [-0.39, 0.29) is 0 Å². The molecule has 0 aromatic heterocycles. The van der Waals surface area contributed by atoms with E-state index < -0.39 is 6.10 Å². The highest BCUT2D eigenvalue weighted by atomic mass is 35.5. The SMILES string of the molecule is CCCc1ccc(C(O)c2cccc(Cl)c2C)cc1. The van der Waals surface area contributed by atoms with Gasteiger partial charge in [0, 0.05) is 5.02 Å². The lowest BCUT2D eigenvalue weighted by atomic mass is 9.96. The van der Waals surface area contributed by atoms with Crippen molar-refractivity contribution in [3.63, 3.8) is 0 Å². The maximum Gasteiger partial charge on any atom is 0.104 e. The highest BCUT2D eigenvalue weighted by molar-refractivity contribution is 6.31.